The minimum atomic E-state index is -0.0862. The number of hydrogen-bond acceptors (Lipinski definition) is 4. The normalized spacial score (nSPS) is 15.7. The Morgan fingerprint density at radius 3 is 2.85 bits per heavy atom. The van der Waals surface area contributed by atoms with Crippen molar-refractivity contribution >= 4 is 11.6 Å². The highest BCUT2D eigenvalue weighted by atomic mass is 16.2. The number of fused-ring (bicyclic) bond motifs is 1. The van der Waals surface area contributed by atoms with E-state index < -0.39 is 0 Å². The van der Waals surface area contributed by atoms with Crippen LogP contribution in [0.25, 0.3) is 5.65 Å². The first-order valence-electron chi connectivity index (χ1n) is 8.93. The van der Waals surface area contributed by atoms with Crippen LogP contribution in [0.2, 0.25) is 0 Å². The third kappa shape index (κ3) is 3.26. The molecule has 0 spiro atoms. The summed E-state index contributed by atoms with van der Waals surface area (Å²) < 4.78 is 3.38. The number of nitrogens with one attached hydrogen (secondary N) is 1. The van der Waals surface area contributed by atoms with Crippen molar-refractivity contribution in [3.8, 4) is 0 Å². The van der Waals surface area contributed by atoms with Gasteiger partial charge in [0.25, 0.3) is 5.56 Å². The van der Waals surface area contributed by atoms with Gasteiger partial charge in [-0.1, -0.05) is 0 Å². The fourth-order valence-corrected chi connectivity index (χ4v) is 3.57. The van der Waals surface area contributed by atoms with Crippen molar-refractivity contribution in [1.82, 2.24) is 29.0 Å². The van der Waals surface area contributed by atoms with Crippen LogP contribution in [0.15, 0.2) is 35.6 Å². The van der Waals surface area contributed by atoms with E-state index in [2.05, 4.69) is 15.1 Å². The number of hydrogen-bond donors (Lipinski definition) is 1. The number of aromatic amines is 1. The highest BCUT2D eigenvalue weighted by molar-refractivity contribution is 5.76. The number of likely N-dealkylation sites (tertiary alicyclic amines) is 1. The number of H-pyrrole nitrogens is 1. The number of nitrogens with zero attached hydrogens (tertiary/aromatic N) is 5. The van der Waals surface area contributed by atoms with Crippen molar-refractivity contribution in [2.24, 2.45) is 0 Å². The van der Waals surface area contributed by atoms with Crippen molar-refractivity contribution in [2.45, 2.75) is 38.6 Å². The molecule has 136 valence electrons. The predicted octanol–water partition coefficient (Wildman–Crippen LogP) is 1.32. The van der Waals surface area contributed by atoms with Crippen molar-refractivity contribution in [3.63, 3.8) is 0 Å². The van der Waals surface area contributed by atoms with Crippen LogP contribution in [0.3, 0.4) is 0 Å². The molecule has 0 aromatic carbocycles. The summed E-state index contributed by atoms with van der Waals surface area (Å²) in [6.45, 7) is 3.98. The van der Waals surface area contributed by atoms with Crippen LogP contribution in [0.1, 0.15) is 36.6 Å². The lowest BCUT2D eigenvalue weighted by molar-refractivity contribution is -0.132. The van der Waals surface area contributed by atoms with Gasteiger partial charge in [-0.05, 0) is 19.8 Å². The largest absolute Gasteiger partial charge is 0.343 e. The van der Waals surface area contributed by atoms with Crippen LogP contribution in [0.4, 0.5) is 0 Å². The molecule has 0 bridgehead atoms. The van der Waals surface area contributed by atoms with Gasteiger partial charge in [0, 0.05) is 62.2 Å². The summed E-state index contributed by atoms with van der Waals surface area (Å²) in [5.41, 5.74) is 2.31. The number of imidazole rings is 1. The first-order chi connectivity index (χ1) is 12.6. The second kappa shape index (κ2) is 6.78. The smallest absolute Gasteiger partial charge is 0.272 e. The maximum absolute atomic E-state index is 12.4. The lowest BCUT2D eigenvalue weighted by atomic mass is 9.93. The number of aromatic nitrogens is 5. The molecule has 4 heterocycles. The molecule has 1 N–H and O–H groups in total. The maximum Gasteiger partial charge on any atom is 0.272 e. The number of aryl methyl sites for hydroxylation is 2. The molecule has 0 radical (unpaired) electrons. The highest BCUT2D eigenvalue weighted by Crippen LogP contribution is 2.26. The number of carbonyl (C=O) groups excluding carboxylic acids is 1. The molecule has 0 aliphatic carbocycles. The van der Waals surface area contributed by atoms with Gasteiger partial charge in [-0.15, -0.1) is 0 Å². The second-order valence-corrected chi connectivity index (χ2v) is 6.86. The Bertz CT molecular complexity index is 963. The first kappa shape index (κ1) is 16.6. The quantitative estimate of drug-likeness (QED) is 0.765. The predicted molar refractivity (Wildman–Crippen MR) is 95.9 cm³/mol. The van der Waals surface area contributed by atoms with Gasteiger partial charge in [0.1, 0.15) is 0 Å². The molecule has 0 saturated carbocycles. The van der Waals surface area contributed by atoms with Gasteiger partial charge >= 0.3 is 0 Å². The Labute approximate surface area is 150 Å². The molecule has 8 heteroatoms. The minimum Gasteiger partial charge on any atom is -0.343 e. The van der Waals surface area contributed by atoms with Gasteiger partial charge in [0.15, 0.2) is 5.65 Å². The van der Waals surface area contributed by atoms with Crippen molar-refractivity contribution < 1.29 is 4.79 Å². The van der Waals surface area contributed by atoms with Gasteiger partial charge in [-0.3, -0.25) is 14.7 Å². The summed E-state index contributed by atoms with van der Waals surface area (Å²) in [5, 5.41) is 2.99. The third-order valence-electron chi connectivity index (χ3n) is 5.01. The molecule has 1 aliphatic rings. The Morgan fingerprint density at radius 2 is 2.12 bits per heavy atom. The van der Waals surface area contributed by atoms with E-state index in [0.717, 1.165) is 24.2 Å². The standard InChI is InChI=1S/C18H22N6O2/c1-13-10-16-20-15(11-18(26)24(16)21-13)14-2-7-23(8-3-14)17(25)4-6-22-9-5-19-12-22/h5,9-12,14,21H,2-4,6-8H2,1H3. The zero-order valence-electron chi connectivity index (χ0n) is 14.8. The van der Waals surface area contributed by atoms with Crippen LogP contribution in [-0.4, -0.2) is 48.0 Å². The number of carbonyl (C=O) groups is 1. The Morgan fingerprint density at radius 1 is 1.31 bits per heavy atom. The maximum atomic E-state index is 12.4. The van der Waals surface area contributed by atoms with E-state index in [4.69, 9.17) is 0 Å². The molecule has 0 unspecified atom stereocenters. The summed E-state index contributed by atoms with van der Waals surface area (Å²) in [4.78, 5) is 35.2. The molecule has 4 rings (SSSR count). The van der Waals surface area contributed by atoms with Crippen LogP contribution in [0.5, 0.6) is 0 Å². The lowest BCUT2D eigenvalue weighted by Gasteiger charge is -2.31. The Hall–Kier alpha value is -2.90. The van der Waals surface area contributed by atoms with Gasteiger partial charge in [-0.25, -0.2) is 14.5 Å². The molecule has 1 aliphatic heterocycles. The van der Waals surface area contributed by atoms with E-state index in [-0.39, 0.29) is 17.4 Å². The van der Waals surface area contributed by atoms with Crippen molar-refractivity contribution in [1.29, 1.82) is 0 Å². The van der Waals surface area contributed by atoms with Crippen molar-refractivity contribution in [2.75, 3.05) is 13.1 Å². The van der Waals surface area contributed by atoms with Crippen LogP contribution >= 0.6 is 0 Å². The average Bonchev–Trinajstić information content (AvgIpc) is 3.29. The molecular formula is C18H22N6O2. The van der Waals surface area contributed by atoms with Gasteiger partial charge in [0.2, 0.25) is 5.91 Å². The molecule has 0 atom stereocenters. The van der Waals surface area contributed by atoms with Crippen LogP contribution in [0, 0.1) is 6.92 Å². The monoisotopic (exact) mass is 354 g/mol. The topological polar surface area (TPSA) is 88.3 Å². The molecule has 8 nitrogen and oxygen atoms in total. The van der Waals surface area contributed by atoms with Gasteiger partial charge < -0.3 is 9.47 Å². The van der Waals surface area contributed by atoms with E-state index >= 15 is 0 Å². The van der Waals surface area contributed by atoms with E-state index in [1.807, 2.05) is 28.7 Å². The summed E-state index contributed by atoms with van der Waals surface area (Å²) >= 11 is 0. The minimum absolute atomic E-state index is 0.0862. The molecule has 3 aromatic rings. The third-order valence-corrected chi connectivity index (χ3v) is 5.01. The Balaban J connectivity index is 1.38. The van der Waals surface area contributed by atoms with E-state index in [1.165, 1.54) is 4.52 Å². The summed E-state index contributed by atoms with van der Waals surface area (Å²) in [6, 6.07) is 3.49. The fourth-order valence-electron chi connectivity index (χ4n) is 3.57. The number of rotatable bonds is 4. The number of amides is 1. The zero-order valence-corrected chi connectivity index (χ0v) is 14.8. The number of piperidine rings is 1. The lowest BCUT2D eigenvalue weighted by Crippen LogP contribution is -2.38. The second-order valence-electron chi connectivity index (χ2n) is 6.86. The van der Waals surface area contributed by atoms with Gasteiger partial charge in [0.05, 0.1) is 12.0 Å². The van der Waals surface area contributed by atoms with Gasteiger partial charge in [-0.2, -0.15) is 0 Å². The van der Waals surface area contributed by atoms with E-state index in [1.54, 1.807) is 18.6 Å². The summed E-state index contributed by atoms with van der Waals surface area (Å²) in [6.07, 6.45) is 7.46. The molecule has 1 fully saturated rings. The van der Waals surface area contributed by atoms with Crippen molar-refractivity contribution in [3.05, 3.63) is 52.6 Å². The van der Waals surface area contributed by atoms with E-state index in [9.17, 15) is 9.59 Å². The molecular weight excluding hydrogens is 332 g/mol. The molecule has 1 amide bonds. The fraction of sp³-hybridized carbons (Fsp3) is 0.444. The SMILES string of the molecule is Cc1cc2nc(C3CCN(C(=O)CCn4ccnc4)CC3)cc(=O)n2[nH]1. The van der Waals surface area contributed by atoms with E-state index in [0.29, 0.717) is 31.7 Å². The molecule has 26 heavy (non-hydrogen) atoms. The summed E-state index contributed by atoms with van der Waals surface area (Å²) in [7, 11) is 0. The zero-order chi connectivity index (χ0) is 18.1. The molecule has 1 saturated heterocycles. The Kier molecular flexibility index (Phi) is 4.32. The summed E-state index contributed by atoms with van der Waals surface area (Å²) in [5.74, 6) is 0.391. The van der Waals surface area contributed by atoms with Crippen LogP contribution in [-0.2, 0) is 11.3 Å². The molecule has 3 aromatic heterocycles. The first-order valence-corrected chi connectivity index (χ1v) is 8.93. The average molecular weight is 354 g/mol. The highest BCUT2D eigenvalue weighted by Gasteiger charge is 2.25. The van der Waals surface area contributed by atoms with Crippen LogP contribution < -0.4 is 5.56 Å².